The second-order valence-corrected chi connectivity index (χ2v) is 2.27. The number of hydrogen-bond acceptors (Lipinski definition) is 1. The lowest BCUT2D eigenvalue weighted by atomic mass is 10.2. The molecule has 0 saturated carbocycles. The van der Waals surface area contributed by atoms with Crippen molar-refractivity contribution in [2.75, 3.05) is 0 Å². The van der Waals surface area contributed by atoms with Crippen LogP contribution in [0.15, 0.2) is 24.3 Å². The molecule has 0 aliphatic rings. The van der Waals surface area contributed by atoms with Crippen LogP contribution in [0.25, 0.3) is 0 Å². The summed E-state index contributed by atoms with van der Waals surface area (Å²) in [6, 6.07) is 7.51. The molecule has 0 atom stereocenters. The molecule has 2 heteroatoms. The van der Waals surface area contributed by atoms with Crippen molar-refractivity contribution in [1.82, 2.24) is 0 Å². The molecule has 0 aliphatic carbocycles. The minimum absolute atomic E-state index is 0.581. The molecule has 76 valence electrons. The van der Waals surface area contributed by atoms with E-state index in [1.807, 2.05) is 52.0 Å². The zero-order valence-electron chi connectivity index (χ0n) is 8.97. The van der Waals surface area contributed by atoms with Crippen LogP contribution in [0.3, 0.4) is 0 Å². The summed E-state index contributed by atoms with van der Waals surface area (Å²) in [5.41, 5.74) is 6.47. The molecule has 1 nitrogen and oxygen atoms in total. The van der Waals surface area contributed by atoms with Gasteiger partial charge in [-0.15, -0.1) is 0 Å². The normalized spacial score (nSPS) is 7.54. The summed E-state index contributed by atoms with van der Waals surface area (Å²) in [5, 5.41) is 0.757. The molecule has 1 rings (SSSR count). The van der Waals surface area contributed by atoms with Gasteiger partial charge in [0.05, 0.1) is 0 Å². The Hall–Kier alpha value is -0.530. The highest BCUT2D eigenvalue weighted by Crippen LogP contribution is 2.08. The van der Waals surface area contributed by atoms with Crippen LogP contribution >= 0.6 is 11.6 Å². The van der Waals surface area contributed by atoms with Gasteiger partial charge in [0.15, 0.2) is 0 Å². The van der Waals surface area contributed by atoms with Crippen molar-refractivity contribution in [3.63, 3.8) is 0 Å². The van der Waals surface area contributed by atoms with Crippen molar-refractivity contribution in [3.8, 4) is 0 Å². The number of benzene rings is 1. The monoisotopic (exact) mass is 201 g/mol. The van der Waals surface area contributed by atoms with Crippen molar-refractivity contribution >= 4 is 11.6 Å². The third-order valence-corrected chi connectivity index (χ3v) is 1.40. The second-order valence-electron chi connectivity index (χ2n) is 1.83. The minimum Gasteiger partial charge on any atom is -0.326 e. The maximum atomic E-state index is 5.63. The third kappa shape index (κ3) is 7.82. The lowest BCUT2D eigenvalue weighted by Crippen LogP contribution is -1.94. The van der Waals surface area contributed by atoms with Gasteiger partial charge in [-0.3, -0.25) is 0 Å². The van der Waals surface area contributed by atoms with Crippen molar-refractivity contribution in [2.24, 2.45) is 5.73 Å². The van der Waals surface area contributed by atoms with Gasteiger partial charge in [-0.05, 0) is 17.7 Å². The van der Waals surface area contributed by atoms with Gasteiger partial charge < -0.3 is 5.73 Å². The first-order valence-electron chi connectivity index (χ1n) is 4.77. The number of halogens is 1. The Bertz CT molecular complexity index is 182. The summed E-state index contributed by atoms with van der Waals surface area (Å²) in [6.45, 7) is 8.58. The van der Waals surface area contributed by atoms with Crippen LogP contribution < -0.4 is 5.73 Å². The molecule has 2 N–H and O–H groups in total. The van der Waals surface area contributed by atoms with E-state index in [-0.39, 0.29) is 0 Å². The van der Waals surface area contributed by atoms with Crippen molar-refractivity contribution in [3.05, 3.63) is 34.9 Å². The average molecular weight is 202 g/mol. The van der Waals surface area contributed by atoms with E-state index < -0.39 is 0 Å². The Balaban J connectivity index is 0. The molecule has 0 radical (unpaired) electrons. The Kier molecular flexibility index (Phi) is 13.2. The fraction of sp³-hybridized carbons (Fsp3) is 0.455. The Morgan fingerprint density at radius 1 is 1.00 bits per heavy atom. The van der Waals surface area contributed by atoms with Gasteiger partial charge >= 0.3 is 0 Å². The van der Waals surface area contributed by atoms with E-state index in [9.17, 15) is 0 Å². The molecule has 0 aromatic heterocycles. The van der Waals surface area contributed by atoms with Crippen molar-refractivity contribution < 1.29 is 0 Å². The van der Waals surface area contributed by atoms with Crippen LogP contribution in [0.1, 0.15) is 33.3 Å². The number of rotatable bonds is 1. The van der Waals surface area contributed by atoms with E-state index in [0.717, 1.165) is 10.6 Å². The summed E-state index contributed by atoms with van der Waals surface area (Å²) in [4.78, 5) is 0. The summed E-state index contributed by atoms with van der Waals surface area (Å²) in [7, 11) is 0. The Morgan fingerprint density at radius 3 is 1.69 bits per heavy atom. The zero-order valence-corrected chi connectivity index (χ0v) is 9.73. The van der Waals surface area contributed by atoms with Crippen molar-refractivity contribution in [2.45, 2.75) is 34.2 Å². The topological polar surface area (TPSA) is 26.0 Å². The predicted molar refractivity (Wildman–Crippen MR) is 62.0 cm³/mol. The van der Waals surface area contributed by atoms with Gasteiger partial charge in [0.25, 0.3) is 0 Å². The molecule has 0 spiro atoms. The maximum Gasteiger partial charge on any atom is 0.0406 e. The first-order valence-corrected chi connectivity index (χ1v) is 5.15. The first kappa shape index (κ1) is 15.0. The zero-order chi connectivity index (χ0) is 10.7. The molecule has 0 fully saturated rings. The SMILES string of the molecule is CC.CC.NCc1ccc(Cl)cc1. The molecular formula is C11H20ClN. The van der Waals surface area contributed by atoms with Gasteiger partial charge in [-0.1, -0.05) is 51.4 Å². The summed E-state index contributed by atoms with van der Waals surface area (Å²) < 4.78 is 0. The van der Waals surface area contributed by atoms with Gasteiger partial charge in [0.1, 0.15) is 0 Å². The average Bonchev–Trinajstić information content (AvgIpc) is 2.25. The van der Waals surface area contributed by atoms with E-state index >= 15 is 0 Å². The number of nitrogens with two attached hydrogens (primary N) is 1. The fourth-order valence-corrected chi connectivity index (χ4v) is 0.746. The Morgan fingerprint density at radius 2 is 1.38 bits per heavy atom. The van der Waals surface area contributed by atoms with Gasteiger partial charge in [0.2, 0.25) is 0 Å². The molecule has 1 aromatic rings. The van der Waals surface area contributed by atoms with E-state index in [2.05, 4.69) is 0 Å². The van der Waals surface area contributed by atoms with E-state index in [1.165, 1.54) is 0 Å². The Labute approximate surface area is 86.9 Å². The molecule has 0 saturated heterocycles. The summed E-state index contributed by atoms with van der Waals surface area (Å²) in [6.07, 6.45) is 0. The van der Waals surface area contributed by atoms with Crippen LogP contribution in [0.4, 0.5) is 0 Å². The van der Waals surface area contributed by atoms with Crippen LogP contribution in [-0.2, 0) is 6.54 Å². The molecule has 0 heterocycles. The maximum absolute atomic E-state index is 5.63. The van der Waals surface area contributed by atoms with Crippen LogP contribution in [-0.4, -0.2) is 0 Å². The molecule has 0 unspecified atom stereocenters. The summed E-state index contributed by atoms with van der Waals surface area (Å²) in [5.74, 6) is 0. The quantitative estimate of drug-likeness (QED) is 0.734. The van der Waals surface area contributed by atoms with E-state index in [4.69, 9.17) is 17.3 Å². The molecule has 0 amide bonds. The largest absolute Gasteiger partial charge is 0.326 e. The lowest BCUT2D eigenvalue weighted by Gasteiger charge is -1.93. The van der Waals surface area contributed by atoms with Crippen LogP contribution in [0.5, 0.6) is 0 Å². The van der Waals surface area contributed by atoms with E-state index in [0.29, 0.717) is 6.54 Å². The van der Waals surface area contributed by atoms with E-state index in [1.54, 1.807) is 0 Å². The molecule has 1 aromatic carbocycles. The highest BCUT2D eigenvalue weighted by atomic mass is 35.5. The lowest BCUT2D eigenvalue weighted by molar-refractivity contribution is 1.07. The smallest absolute Gasteiger partial charge is 0.0406 e. The highest BCUT2D eigenvalue weighted by Gasteiger charge is 1.86. The first-order chi connectivity index (χ1) is 6.33. The summed E-state index contributed by atoms with van der Waals surface area (Å²) >= 11 is 5.63. The second kappa shape index (κ2) is 11.5. The minimum atomic E-state index is 0.581. The van der Waals surface area contributed by atoms with Gasteiger partial charge in [-0.25, -0.2) is 0 Å². The standard InChI is InChI=1S/C7H8ClN.2C2H6/c8-7-3-1-6(5-9)2-4-7;2*1-2/h1-4H,5,9H2;2*1-2H3. The number of hydrogen-bond donors (Lipinski definition) is 1. The molecule has 13 heavy (non-hydrogen) atoms. The highest BCUT2D eigenvalue weighted by molar-refractivity contribution is 6.30. The molecule has 0 bridgehead atoms. The molecular weight excluding hydrogens is 182 g/mol. The van der Waals surface area contributed by atoms with Gasteiger partial charge in [0, 0.05) is 11.6 Å². The predicted octanol–water partition coefficient (Wildman–Crippen LogP) is 3.85. The molecule has 0 aliphatic heterocycles. The van der Waals surface area contributed by atoms with Crippen LogP contribution in [0.2, 0.25) is 5.02 Å². The van der Waals surface area contributed by atoms with Gasteiger partial charge in [-0.2, -0.15) is 0 Å². The third-order valence-electron chi connectivity index (χ3n) is 1.15. The fourth-order valence-electron chi connectivity index (χ4n) is 0.620. The van der Waals surface area contributed by atoms with Crippen LogP contribution in [0, 0.1) is 0 Å². The van der Waals surface area contributed by atoms with Crippen molar-refractivity contribution in [1.29, 1.82) is 0 Å².